The number of phenolic OH excluding ortho intramolecular Hbond substituents is 1. The molecule has 0 saturated carbocycles. The fourth-order valence-corrected chi connectivity index (χ4v) is 3.72. The number of phenols is 1. The molecule has 0 saturated heterocycles. The normalized spacial score (nSPS) is 11.1. The fraction of sp³-hybridized carbons (Fsp3) is 0.0435. The molecule has 4 aromatic rings. The standard InChI is InChI=1S/C23H18N2OS/c1-16-11-13-17(14-12-16)21-22(18-7-3-2-4-8-18)27-23(25-21)24-15-19-9-5-6-10-20(19)26/h2-15,26H,1H3. The van der Waals surface area contributed by atoms with Crippen molar-refractivity contribution in [3.63, 3.8) is 0 Å². The number of benzene rings is 3. The lowest BCUT2D eigenvalue weighted by Crippen LogP contribution is -1.83. The molecule has 0 aliphatic heterocycles. The van der Waals surface area contributed by atoms with Crippen molar-refractivity contribution in [2.24, 2.45) is 4.99 Å². The highest BCUT2D eigenvalue weighted by Crippen LogP contribution is 2.40. The Balaban J connectivity index is 1.78. The molecule has 27 heavy (non-hydrogen) atoms. The van der Waals surface area contributed by atoms with Crippen LogP contribution in [0.3, 0.4) is 0 Å². The molecule has 0 bridgehead atoms. The highest BCUT2D eigenvalue weighted by atomic mass is 32.1. The predicted molar refractivity (Wildman–Crippen MR) is 113 cm³/mol. The van der Waals surface area contributed by atoms with E-state index in [1.807, 2.05) is 30.3 Å². The summed E-state index contributed by atoms with van der Waals surface area (Å²) in [7, 11) is 0. The molecule has 0 spiro atoms. The number of hydrogen-bond donors (Lipinski definition) is 1. The summed E-state index contributed by atoms with van der Waals surface area (Å²) in [5, 5.41) is 10.6. The van der Waals surface area contributed by atoms with Crippen LogP contribution in [0.25, 0.3) is 21.7 Å². The summed E-state index contributed by atoms with van der Waals surface area (Å²) in [6.07, 6.45) is 1.65. The number of aromatic hydroxyl groups is 1. The summed E-state index contributed by atoms with van der Waals surface area (Å²) in [6.45, 7) is 2.07. The molecule has 3 aromatic carbocycles. The van der Waals surface area contributed by atoms with E-state index in [2.05, 4.69) is 48.3 Å². The van der Waals surface area contributed by atoms with Crippen molar-refractivity contribution in [3.8, 4) is 27.4 Å². The van der Waals surface area contributed by atoms with Crippen LogP contribution in [-0.4, -0.2) is 16.3 Å². The largest absolute Gasteiger partial charge is 0.507 e. The summed E-state index contributed by atoms with van der Waals surface area (Å²) in [5.74, 6) is 0.208. The Labute approximate surface area is 162 Å². The van der Waals surface area contributed by atoms with Crippen LogP contribution < -0.4 is 0 Å². The molecule has 1 aromatic heterocycles. The minimum absolute atomic E-state index is 0.208. The van der Waals surface area contributed by atoms with E-state index in [1.54, 1.807) is 29.7 Å². The Morgan fingerprint density at radius 1 is 0.852 bits per heavy atom. The third-order valence-electron chi connectivity index (χ3n) is 4.23. The van der Waals surface area contributed by atoms with Crippen LogP contribution in [0.2, 0.25) is 0 Å². The number of rotatable bonds is 4. The number of nitrogens with zero attached hydrogens (tertiary/aromatic N) is 2. The first kappa shape index (κ1) is 17.2. The number of hydrogen-bond acceptors (Lipinski definition) is 4. The zero-order valence-corrected chi connectivity index (χ0v) is 15.6. The molecule has 0 fully saturated rings. The Kier molecular flexibility index (Phi) is 4.81. The monoisotopic (exact) mass is 370 g/mol. The Bertz CT molecular complexity index is 1080. The molecular weight excluding hydrogens is 352 g/mol. The van der Waals surface area contributed by atoms with Crippen molar-refractivity contribution < 1.29 is 5.11 Å². The van der Waals surface area contributed by atoms with Crippen LogP contribution in [0.1, 0.15) is 11.1 Å². The minimum Gasteiger partial charge on any atom is -0.507 e. The third-order valence-corrected chi connectivity index (χ3v) is 5.24. The molecule has 4 rings (SSSR count). The van der Waals surface area contributed by atoms with Gasteiger partial charge in [-0.25, -0.2) is 9.98 Å². The van der Waals surface area contributed by atoms with Gasteiger partial charge in [-0.15, -0.1) is 0 Å². The molecule has 4 heteroatoms. The van der Waals surface area contributed by atoms with Crippen molar-refractivity contribution in [1.82, 2.24) is 4.98 Å². The van der Waals surface area contributed by atoms with Crippen molar-refractivity contribution in [2.45, 2.75) is 6.92 Å². The van der Waals surface area contributed by atoms with Gasteiger partial charge in [-0.2, -0.15) is 0 Å². The summed E-state index contributed by atoms with van der Waals surface area (Å²) in [5.41, 5.74) is 5.00. The first-order valence-corrected chi connectivity index (χ1v) is 9.48. The first-order valence-electron chi connectivity index (χ1n) is 8.66. The summed E-state index contributed by atoms with van der Waals surface area (Å²) >= 11 is 1.55. The number of thiazole rings is 1. The van der Waals surface area contributed by atoms with E-state index in [9.17, 15) is 5.11 Å². The fourth-order valence-electron chi connectivity index (χ4n) is 2.78. The van der Waals surface area contributed by atoms with Crippen LogP contribution in [-0.2, 0) is 0 Å². The van der Waals surface area contributed by atoms with E-state index in [4.69, 9.17) is 4.98 Å². The van der Waals surface area contributed by atoms with Gasteiger partial charge in [-0.1, -0.05) is 83.6 Å². The SMILES string of the molecule is Cc1ccc(-c2nc(N=Cc3ccccc3O)sc2-c2ccccc2)cc1. The van der Waals surface area contributed by atoms with E-state index in [0.29, 0.717) is 10.7 Å². The second-order valence-corrected chi connectivity index (χ2v) is 7.20. The molecule has 0 aliphatic rings. The topological polar surface area (TPSA) is 45.5 Å². The van der Waals surface area contributed by atoms with Crippen LogP contribution in [0, 0.1) is 6.92 Å². The Morgan fingerprint density at radius 2 is 1.56 bits per heavy atom. The lowest BCUT2D eigenvalue weighted by Gasteiger charge is -2.03. The van der Waals surface area contributed by atoms with E-state index < -0.39 is 0 Å². The van der Waals surface area contributed by atoms with Gasteiger partial charge in [0.1, 0.15) is 5.75 Å². The van der Waals surface area contributed by atoms with Crippen LogP contribution in [0.4, 0.5) is 5.13 Å². The van der Waals surface area contributed by atoms with Gasteiger partial charge in [0.2, 0.25) is 5.13 Å². The number of aryl methyl sites for hydroxylation is 1. The van der Waals surface area contributed by atoms with Gasteiger partial charge in [0.05, 0.1) is 10.6 Å². The molecule has 0 atom stereocenters. The quantitative estimate of drug-likeness (QED) is 0.432. The summed E-state index contributed by atoms with van der Waals surface area (Å²) < 4.78 is 0. The van der Waals surface area contributed by atoms with Gasteiger partial charge < -0.3 is 5.11 Å². The molecule has 0 aliphatic carbocycles. The Morgan fingerprint density at radius 3 is 2.30 bits per heavy atom. The lowest BCUT2D eigenvalue weighted by molar-refractivity contribution is 0.474. The van der Waals surface area contributed by atoms with Crippen molar-refractivity contribution >= 4 is 22.7 Å². The predicted octanol–water partition coefficient (Wildman–Crippen LogP) is 6.24. The van der Waals surface area contributed by atoms with Crippen molar-refractivity contribution in [1.29, 1.82) is 0 Å². The second kappa shape index (κ2) is 7.56. The lowest BCUT2D eigenvalue weighted by atomic mass is 10.1. The van der Waals surface area contributed by atoms with E-state index in [-0.39, 0.29) is 5.75 Å². The van der Waals surface area contributed by atoms with Gasteiger partial charge in [0, 0.05) is 17.3 Å². The van der Waals surface area contributed by atoms with E-state index in [1.165, 1.54) is 5.56 Å². The molecule has 0 unspecified atom stereocenters. The molecular formula is C23H18N2OS. The average Bonchev–Trinajstić information content (AvgIpc) is 3.13. The van der Waals surface area contributed by atoms with Crippen LogP contribution in [0.5, 0.6) is 5.75 Å². The van der Waals surface area contributed by atoms with Crippen LogP contribution >= 0.6 is 11.3 Å². The third kappa shape index (κ3) is 3.81. The van der Waals surface area contributed by atoms with E-state index >= 15 is 0 Å². The first-order chi connectivity index (χ1) is 13.2. The average molecular weight is 370 g/mol. The van der Waals surface area contributed by atoms with Gasteiger partial charge in [0.25, 0.3) is 0 Å². The molecule has 1 N–H and O–H groups in total. The molecule has 3 nitrogen and oxygen atoms in total. The second-order valence-electron chi connectivity index (χ2n) is 6.22. The zero-order valence-electron chi connectivity index (χ0n) is 14.8. The minimum atomic E-state index is 0.208. The highest BCUT2D eigenvalue weighted by Gasteiger charge is 2.14. The van der Waals surface area contributed by atoms with Crippen LogP contribution in [0.15, 0.2) is 83.9 Å². The molecule has 1 heterocycles. The van der Waals surface area contributed by atoms with Gasteiger partial charge in [0.15, 0.2) is 0 Å². The van der Waals surface area contributed by atoms with Crippen molar-refractivity contribution in [3.05, 3.63) is 90.0 Å². The van der Waals surface area contributed by atoms with Crippen molar-refractivity contribution in [2.75, 3.05) is 0 Å². The number of aliphatic imine (C=N–C) groups is 1. The highest BCUT2D eigenvalue weighted by molar-refractivity contribution is 7.19. The summed E-state index contributed by atoms with van der Waals surface area (Å²) in [6, 6.07) is 25.7. The maximum absolute atomic E-state index is 9.92. The zero-order chi connectivity index (χ0) is 18.6. The molecule has 0 radical (unpaired) electrons. The van der Waals surface area contributed by atoms with Gasteiger partial charge in [-0.05, 0) is 24.6 Å². The van der Waals surface area contributed by atoms with E-state index in [0.717, 1.165) is 21.7 Å². The maximum atomic E-state index is 9.92. The number of aromatic nitrogens is 1. The number of para-hydroxylation sites is 1. The molecule has 0 amide bonds. The summed E-state index contributed by atoms with van der Waals surface area (Å²) in [4.78, 5) is 10.4. The van der Waals surface area contributed by atoms with Gasteiger partial charge in [-0.3, -0.25) is 0 Å². The smallest absolute Gasteiger partial charge is 0.210 e. The van der Waals surface area contributed by atoms with Gasteiger partial charge >= 0.3 is 0 Å². The molecule has 132 valence electrons. The Hall–Kier alpha value is -3.24. The maximum Gasteiger partial charge on any atom is 0.210 e.